The number of rotatable bonds is 0. The quantitative estimate of drug-likeness (QED) is 0.532. The molecule has 0 spiro atoms. The van der Waals surface area contributed by atoms with Crippen molar-refractivity contribution in [1.29, 1.82) is 0 Å². The summed E-state index contributed by atoms with van der Waals surface area (Å²) in [6.45, 7) is 10.0. The molecule has 0 bridgehead atoms. The summed E-state index contributed by atoms with van der Waals surface area (Å²) < 4.78 is 0. The highest BCUT2D eigenvalue weighted by molar-refractivity contribution is 4.92. The standard InChI is InChI=1S/C15H28/c1-11-7-8-13-12(2)6-5-9-15(3,4)14(13)10-11/h11-14H,5-10H2,1-4H3/t11?,12?,13-,14-/m0/s1. The first-order valence-corrected chi connectivity index (χ1v) is 7.00. The highest BCUT2D eigenvalue weighted by Crippen LogP contribution is 2.52. The second-order valence-electron chi connectivity index (χ2n) is 7.05. The van der Waals surface area contributed by atoms with Crippen molar-refractivity contribution in [3.63, 3.8) is 0 Å². The molecular formula is C15H28. The summed E-state index contributed by atoms with van der Waals surface area (Å²) in [7, 11) is 0. The van der Waals surface area contributed by atoms with Crippen molar-refractivity contribution in [3.8, 4) is 0 Å². The van der Waals surface area contributed by atoms with Crippen LogP contribution < -0.4 is 0 Å². The van der Waals surface area contributed by atoms with Crippen LogP contribution in [0.15, 0.2) is 0 Å². The molecule has 0 nitrogen and oxygen atoms in total. The summed E-state index contributed by atoms with van der Waals surface area (Å²) in [5, 5.41) is 0. The molecule has 0 aliphatic heterocycles. The first-order valence-electron chi connectivity index (χ1n) is 7.00. The van der Waals surface area contributed by atoms with Crippen molar-refractivity contribution in [3.05, 3.63) is 0 Å². The van der Waals surface area contributed by atoms with Crippen LogP contribution in [0.5, 0.6) is 0 Å². The van der Waals surface area contributed by atoms with Gasteiger partial charge in [-0.25, -0.2) is 0 Å². The second-order valence-corrected chi connectivity index (χ2v) is 7.05. The summed E-state index contributed by atoms with van der Waals surface area (Å²) >= 11 is 0. The SMILES string of the molecule is CC1CC[C@H]2C(C)CCCC(C)(C)[C@H]2C1. The predicted octanol–water partition coefficient (Wildman–Crippen LogP) is 4.89. The average molecular weight is 208 g/mol. The molecule has 0 aromatic heterocycles. The molecule has 0 amide bonds. The molecule has 0 heteroatoms. The van der Waals surface area contributed by atoms with Crippen LogP contribution in [0.1, 0.15) is 66.2 Å². The van der Waals surface area contributed by atoms with Gasteiger partial charge in [0.1, 0.15) is 0 Å². The molecular weight excluding hydrogens is 180 g/mol. The van der Waals surface area contributed by atoms with Crippen LogP contribution in [-0.2, 0) is 0 Å². The van der Waals surface area contributed by atoms with E-state index in [-0.39, 0.29) is 0 Å². The first kappa shape index (κ1) is 11.5. The summed E-state index contributed by atoms with van der Waals surface area (Å²) in [5.41, 5.74) is 0.615. The van der Waals surface area contributed by atoms with Gasteiger partial charge >= 0.3 is 0 Å². The Kier molecular flexibility index (Phi) is 3.14. The molecule has 0 N–H and O–H groups in total. The molecule has 0 aromatic carbocycles. The molecule has 88 valence electrons. The minimum absolute atomic E-state index is 0.615. The normalized spacial score (nSPS) is 45.6. The van der Waals surface area contributed by atoms with Crippen LogP contribution in [0, 0.1) is 29.1 Å². The Balaban J connectivity index is 2.19. The maximum atomic E-state index is 2.53. The molecule has 2 rings (SSSR count). The number of hydrogen-bond acceptors (Lipinski definition) is 0. The third kappa shape index (κ3) is 2.24. The van der Waals surface area contributed by atoms with Crippen molar-refractivity contribution in [1.82, 2.24) is 0 Å². The molecule has 0 radical (unpaired) electrons. The third-order valence-corrected chi connectivity index (χ3v) is 5.38. The second kappa shape index (κ2) is 4.11. The van der Waals surface area contributed by atoms with Crippen molar-refractivity contribution >= 4 is 0 Å². The molecule has 2 saturated carbocycles. The smallest absolute Gasteiger partial charge is 0.0323 e. The van der Waals surface area contributed by atoms with E-state index in [0.29, 0.717) is 5.41 Å². The lowest BCUT2D eigenvalue weighted by Gasteiger charge is -2.44. The number of fused-ring (bicyclic) bond motifs is 1. The molecule has 4 atom stereocenters. The fraction of sp³-hybridized carbons (Fsp3) is 1.00. The minimum Gasteiger partial charge on any atom is -0.0625 e. The Bertz CT molecular complexity index is 216. The van der Waals surface area contributed by atoms with Crippen molar-refractivity contribution < 1.29 is 0 Å². The Labute approximate surface area is 95.8 Å². The largest absolute Gasteiger partial charge is 0.0625 e. The van der Waals surface area contributed by atoms with Gasteiger partial charge in [-0.1, -0.05) is 47.0 Å². The van der Waals surface area contributed by atoms with E-state index in [1.54, 1.807) is 0 Å². The highest BCUT2D eigenvalue weighted by atomic mass is 14.5. The van der Waals surface area contributed by atoms with Gasteiger partial charge < -0.3 is 0 Å². The molecule has 2 aliphatic carbocycles. The van der Waals surface area contributed by atoms with E-state index < -0.39 is 0 Å². The van der Waals surface area contributed by atoms with Crippen LogP contribution in [0.25, 0.3) is 0 Å². The zero-order valence-corrected chi connectivity index (χ0v) is 11.1. The maximum absolute atomic E-state index is 2.53. The molecule has 15 heavy (non-hydrogen) atoms. The van der Waals surface area contributed by atoms with Crippen molar-refractivity contribution in [2.24, 2.45) is 29.1 Å². The average Bonchev–Trinajstić information content (AvgIpc) is 2.26. The van der Waals surface area contributed by atoms with Gasteiger partial charge in [0.05, 0.1) is 0 Å². The molecule has 0 aromatic rings. The van der Waals surface area contributed by atoms with E-state index in [0.717, 1.165) is 23.7 Å². The summed E-state index contributed by atoms with van der Waals surface area (Å²) in [6, 6.07) is 0. The third-order valence-electron chi connectivity index (χ3n) is 5.38. The molecule has 2 aliphatic rings. The van der Waals surface area contributed by atoms with Crippen LogP contribution in [-0.4, -0.2) is 0 Å². The Morgan fingerprint density at radius 2 is 1.73 bits per heavy atom. The lowest BCUT2D eigenvalue weighted by Crippen LogP contribution is -2.36. The molecule has 0 heterocycles. The summed E-state index contributed by atoms with van der Waals surface area (Å²) in [6.07, 6.45) is 8.92. The lowest BCUT2D eigenvalue weighted by atomic mass is 9.61. The van der Waals surface area contributed by atoms with Crippen LogP contribution in [0.3, 0.4) is 0 Å². The van der Waals surface area contributed by atoms with Crippen LogP contribution >= 0.6 is 0 Å². The van der Waals surface area contributed by atoms with E-state index in [9.17, 15) is 0 Å². The fourth-order valence-electron chi connectivity index (χ4n) is 4.26. The predicted molar refractivity (Wildman–Crippen MR) is 66.8 cm³/mol. The van der Waals surface area contributed by atoms with E-state index >= 15 is 0 Å². The topological polar surface area (TPSA) is 0 Å². The summed E-state index contributed by atoms with van der Waals surface area (Å²) in [4.78, 5) is 0. The van der Waals surface area contributed by atoms with Gasteiger partial charge in [-0.05, 0) is 48.3 Å². The van der Waals surface area contributed by atoms with E-state index in [1.165, 1.54) is 38.5 Å². The lowest BCUT2D eigenvalue weighted by molar-refractivity contribution is 0.0514. The monoisotopic (exact) mass is 208 g/mol. The van der Waals surface area contributed by atoms with Crippen molar-refractivity contribution in [2.75, 3.05) is 0 Å². The van der Waals surface area contributed by atoms with Gasteiger partial charge in [-0.2, -0.15) is 0 Å². The molecule has 2 fully saturated rings. The fourth-order valence-corrected chi connectivity index (χ4v) is 4.26. The molecule has 0 saturated heterocycles. The van der Waals surface area contributed by atoms with Gasteiger partial charge in [0.25, 0.3) is 0 Å². The highest BCUT2D eigenvalue weighted by Gasteiger charge is 2.42. The summed E-state index contributed by atoms with van der Waals surface area (Å²) in [5.74, 6) is 4.03. The Morgan fingerprint density at radius 1 is 1.00 bits per heavy atom. The maximum Gasteiger partial charge on any atom is -0.0323 e. The Morgan fingerprint density at radius 3 is 2.47 bits per heavy atom. The Hall–Kier alpha value is 0. The van der Waals surface area contributed by atoms with Crippen molar-refractivity contribution in [2.45, 2.75) is 66.2 Å². The minimum atomic E-state index is 0.615. The van der Waals surface area contributed by atoms with E-state index in [1.807, 2.05) is 0 Å². The zero-order valence-electron chi connectivity index (χ0n) is 11.1. The van der Waals surface area contributed by atoms with Gasteiger partial charge in [0.15, 0.2) is 0 Å². The van der Waals surface area contributed by atoms with E-state index in [2.05, 4.69) is 27.7 Å². The van der Waals surface area contributed by atoms with Crippen LogP contribution in [0.4, 0.5) is 0 Å². The van der Waals surface area contributed by atoms with Gasteiger partial charge in [-0.15, -0.1) is 0 Å². The zero-order chi connectivity index (χ0) is 11.1. The molecule has 2 unspecified atom stereocenters. The van der Waals surface area contributed by atoms with E-state index in [4.69, 9.17) is 0 Å². The number of hydrogen-bond donors (Lipinski definition) is 0. The van der Waals surface area contributed by atoms with Gasteiger partial charge in [0, 0.05) is 0 Å². The van der Waals surface area contributed by atoms with Gasteiger partial charge in [0.2, 0.25) is 0 Å². The first-order chi connectivity index (χ1) is 7.00. The van der Waals surface area contributed by atoms with Crippen LogP contribution in [0.2, 0.25) is 0 Å². The van der Waals surface area contributed by atoms with Gasteiger partial charge in [-0.3, -0.25) is 0 Å².